The second-order valence-electron chi connectivity index (χ2n) is 3.95. The molecule has 0 aliphatic rings. The average Bonchev–Trinajstić information content (AvgIpc) is 2.36. The summed E-state index contributed by atoms with van der Waals surface area (Å²) in [5, 5.41) is -0.438. The standard InChI is InChI=1S/C14H10Br2ClFO/c1-19-11-2-3-12(13(16)7-11)14(17)8-4-9(15)6-10(18)5-8/h2-7,14H,1H3. The van der Waals surface area contributed by atoms with Crippen LogP contribution in [0.5, 0.6) is 5.75 Å². The first-order chi connectivity index (χ1) is 9.01. The Kier molecular flexibility index (Phi) is 4.87. The SMILES string of the molecule is COc1ccc(C(Cl)c2cc(F)cc(Br)c2)c(Br)c1. The Morgan fingerprint density at radius 3 is 2.47 bits per heavy atom. The fourth-order valence-electron chi connectivity index (χ4n) is 1.74. The van der Waals surface area contributed by atoms with Crippen molar-refractivity contribution in [3.8, 4) is 5.75 Å². The lowest BCUT2D eigenvalue weighted by Crippen LogP contribution is -1.96. The van der Waals surface area contributed by atoms with Gasteiger partial charge in [0.1, 0.15) is 11.6 Å². The van der Waals surface area contributed by atoms with Gasteiger partial charge in [0.15, 0.2) is 0 Å². The van der Waals surface area contributed by atoms with Crippen molar-refractivity contribution in [3.05, 3.63) is 62.3 Å². The number of methoxy groups -OCH3 is 1. The van der Waals surface area contributed by atoms with Crippen LogP contribution < -0.4 is 4.74 Å². The molecule has 0 aliphatic carbocycles. The van der Waals surface area contributed by atoms with E-state index in [1.807, 2.05) is 18.2 Å². The predicted molar refractivity (Wildman–Crippen MR) is 82.5 cm³/mol. The molecule has 1 nitrogen and oxygen atoms in total. The molecule has 0 amide bonds. The van der Waals surface area contributed by atoms with E-state index in [9.17, 15) is 4.39 Å². The molecule has 0 aliphatic heterocycles. The second-order valence-corrected chi connectivity index (χ2v) is 6.16. The van der Waals surface area contributed by atoms with Gasteiger partial charge in [0.2, 0.25) is 0 Å². The highest BCUT2D eigenvalue weighted by atomic mass is 79.9. The van der Waals surface area contributed by atoms with Gasteiger partial charge in [-0.15, -0.1) is 11.6 Å². The van der Waals surface area contributed by atoms with Crippen molar-refractivity contribution >= 4 is 43.5 Å². The third-order valence-electron chi connectivity index (χ3n) is 2.66. The fraction of sp³-hybridized carbons (Fsp3) is 0.143. The molecule has 5 heteroatoms. The molecule has 0 fully saturated rings. The van der Waals surface area contributed by atoms with Crippen LogP contribution in [-0.4, -0.2) is 7.11 Å². The van der Waals surface area contributed by atoms with Crippen LogP contribution in [0.3, 0.4) is 0 Å². The van der Waals surface area contributed by atoms with Crippen molar-refractivity contribution in [2.24, 2.45) is 0 Å². The molecule has 0 spiro atoms. The molecule has 2 rings (SSSR count). The normalized spacial score (nSPS) is 12.3. The Morgan fingerprint density at radius 2 is 1.89 bits per heavy atom. The topological polar surface area (TPSA) is 9.23 Å². The van der Waals surface area contributed by atoms with Crippen LogP contribution in [0, 0.1) is 5.82 Å². The largest absolute Gasteiger partial charge is 0.497 e. The first kappa shape index (κ1) is 14.8. The van der Waals surface area contributed by atoms with E-state index in [0.29, 0.717) is 10.0 Å². The third kappa shape index (κ3) is 3.50. The van der Waals surface area contributed by atoms with Crippen molar-refractivity contribution in [3.63, 3.8) is 0 Å². The summed E-state index contributed by atoms with van der Waals surface area (Å²) in [6.45, 7) is 0. The fourth-order valence-corrected chi connectivity index (χ4v) is 3.26. The lowest BCUT2D eigenvalue weighted by molar-refractivity contribution is 0.414. The predicted octanol–water partition coefficient (Wildman–Crippen LogP) is 5.69. The molecule has 0 saturated carbocycles. The van der Waals surface area contributed by atoms with Crippen molar-refractivity contribution < 1.29 is 9.13 Å². The number of benzene rings is 2. The summed E-state index contributed by atoms with van der Waals surface area (Å²) in [7, 11) is 1.60. The molecule has 0 aromatic heterocycles. The molecule has 1 atom stereocenters. The van der Waals surface area contributed by atoms with Crippen LogP contribution in [-0.2, 0) is 0 Å². The van der Waals surface area contributed by atoms with Crippen LogP contribution in [0.15, 0.2) is 45.3 Å². The van der Waals surface area contributed by atoms with Gasteiger partial charge in [-0.2, -0.15) is 0 Å². The molecular weight excluding hydrogens is 398 g/mol. The van der Waals surface area contributed by atoms with Crippen LogP contribution >= 0.6 is 43.5 Å². The zero-order chi connectivity index (χ0) is 14.0. The third-order valence-corrected chi connectivity index (χ3v) is 4.29. The number of rotatable bonds is 3. The van der Waals surface area contributed by atoms with Crippen molar-refractivity contribution in [2.45, 2.75) is 5.38 Å². The molecule has 2 aromatic rings. The highest BCUT2D eigenvalue weighted by Gasteiger charge is 2.16. The van der Waals surface area contributed by atoms with E-state index in [1.54, 1.807) is 13.2 Å². The first-order valence-electron chi connectivity index (χ1n) is 5.44. The maximum Gasteiger partial charge on any atom is 0.124 e. The van der Waals surface area contributed by atoms with Crippen LogP contribution in [0.4, 0.5) is 4.39 Å². The van der Waals surface area contributed by atoms with E-state index in [-0.39, 0.29) is 5.82 Å². The van der Waals surface area contributed by atoms with E-state index in [1.165, 1.54) is 12.1 Å². The van der Waals surface area contributed by atoms with Crippen molar-refractivity contribution in [1.29, 1.82) is 0 Å². The zero-order valence-corrected chi connectivity index (χ0v) is 13.9. The molecule has 0 radical (unpaired) electrons. The van der Waals surface area contributed by atoms with Crippen molar-refractivity contribution in [1.82, 2.24) is 0 Å². The quantitative estimate of drug-likeness (QED) is 0.593. The Bertz CT molecular complexity index is 584. The van der Waals surface area contributed by atoms with E-state index in [0.717, 1.165) is 15.8 Å². The molecule has 100 valence electrons. The maximum atomic E-state index is 13.4. The minimum Gasteiger partial charge on any atom is -0.497 e. The number of hydrogen-bond acceptors (Lipinski definition) is 1. The van der Waals surface area contributed by atoms with Gasteiger partial charge in [0, 0.05) is 8.95 Å². The van der Waals surface area contributed by atoms with E-state index in [2.05, 4.69) is 31.9 Å². The van der Waals surface area contributed by atoms with Gasteiger partial charge in [0.05, 0.1) is 12.5 Å². The van der Waals surface area contributed by atoms with Gasteiger partial charge in [-0.1, -0.05) is 37.9 Å². The summed E-state index contributed by atoms with van der Waals surface area (Å²) < 4.78 is 20.0. The van der Waals surface area contributed by atoms with Crippen molar-refractivity contribution in [2.75, 3.05) is 7.11 Å². The Hall–Kier alpha value is -0.580. The summed E-state index contributed by atoms with van der Waals surface area (Å²) in [4.78, 5) is 0. The van der Waals surface area contributed by atoms with E-state index < -0.39 is 5.38 Å². The number of alkyl halides is 1. The summed E-state index contributed by atoms with van der Waals surface area (Å²) in [6, 6.07) is 10.1. The van der Waals surface area contributed by atoms with Gasteiger partial charge in [-0.25, -0.2) is 4.39 Å². The second kappa shape index (κ2) is 6.25. The monoisotopic (exact) mass is 406 g/mol. The smallest absolute Gasteiger partial charge is 0.124 e. The van der Waals surface area contributed by atoms with Gasteiger partial charge in [-0.05, 0) is 41.5 Å². The maximum absolute atomic E-state index is 13.4. The Labute approximate surface area is 133 Å². The van der Waals surface area contributed by atoms with Crippen LogP contribution in [0.1, 0.15) is 16.5 Å². The number of ether oxygens (including phenoxy) is 1. The van der Waals surface area contributed by atoms with Gasteiger partial charge < -0.3 is 4.74 Å². The van der Waals surface area contributed by atoms with Crippen LogP contribution in [0.2, 0.25) is 0 Å². The Morgan fingerprint density at radius 1 is 1.16 bits per heavy atom. The van der Waals surface area contributed by atoms with E-state index >= 15 is 0 Å². The highest BCUT2D eigenvalue weighted by molar-refractivity contribution is 9.10. The summed E-state index contributed by atoms with van der Waals surface area (Å²) in [5.74, 6) is 0.416. The number of halogens is 4. The molecule has 0 N–H and O–H groups in total. The summed E-state index contributed by atoms with van der Waals surface area (Å²) >= 11 is 13.1. The Balaban J connectivity index is 2.40. The highest BCUT2D eigenvalue weighted by Crippen LogP contribution is 2.36. The molecule has 0 heterocycles. The van der Waals surface area contributed by atoms with Gasteiger partial charge >= 0.3 is 0 Å². The van der Waals surface area contributed by atoms with Gasteiger partial charge in [0.25, 0.3) is 0 Å². The lowest BCUT2D eigenvalue weighted by atomic mass is 10.0. The minimum absolute atomic E-state index is 0.320. The first-order valence-corrected chi connectivity index (χ1v) is 7.47. The van der Waals surface area contributed by atoms with Crippen LogP contribution in [0.25, 0.3) is 0 Å². The molecular formula is C14H10Br2ClFO. The van der Waals surface area contributed by atoms with E-state index in [4.69, 9.17) is 16.3 Å². The molecule has 1 unspecified atom stereocenters. The summed E-state index contributed by atoms with van der Waals surface area (Å²) in [6.07, 6.45) is 0. The zero-order valence-electron chi connectivity index (χ0n) is 9.96. The molecule has 0 saturated heterocycles. The lowest BCUT2D eigenvalue weighted by Gasteiger charge is -2.14. The number of hydrogen-bond donors (Lipinski definition) is 0. The molecule has 2 aromatic carbocycles. The minimum atomic E-state index is -0.438. The average molecular weight is 408 g/mol. The van der Waals surface area contributed by atoms with Gasteiger partial charge in [-0.3, -0.25) is 0 Å². The summed E-state index contributed by atoms with van der Waals surface area (Å²) in [5.41, 5.74) is 1.55. The molecule has 0 bridgehead atoms. The molecule has 19 heavy (non-hydrogen) atoms.